The van der Waals surface area contributed by atoms with E-state index in [1.54, 1.807) is 42.5 Å². The number of fused-ring (bicyclic) bond motifs is 1. The van der Waals surface area contributed by atoms with E-state index in [1.807, 2.05) is 0 Å². The maximum atomic E-state index is 11.8. The van der Waals surface area contributed by atoms with Crippen molar-refractivity contribution >= 4 is 28.3 Å². The highest BCUT2D eigenvalue weighted by atomic mass is 16.5. The molecule has 2 aromatic carbocycles. The van der Waals surface area contributed by atoms with Crippen molar-refractivity contribution in [1.82, 2.24) is 4.98 Å². The number of ether oxygens (including phenoxy) is 2. The number of aliphatic carboxylic acids is 1. The number of carboxylic acids is 1. The van der Waals surface area contributed by atoms with Gasteiger partial charge >= 0.3 is 5.97 Å². The molecule has 1 heterocycles. The molecule has 0 spiro atoms. The third-order valence-electron chi connectivity index (χ3n) is 3.73. The van der Waals surface area contributed by atoms with Crippen LogP contribution in [0, 0.1) is 0 Å². The second kappa shape index (κ2) is 6.56. The number of aliphatic imine (C=N–C) groups is 1. The highest BCUT2D eigenvalue weighted by molar-refractivity contribution is 6.46. The lowest BCUT2D eigenvalue weighted by Crippen LogP contribution is -2.14. The SMILES string of the molecule is COc1ccc(N=C(C(=O)O)c2c(O)[nH]c3ccccc23)cc1OC. The third kappa shape index (κ3) is 2.99. The largest absolute Gasteiger partial charge is 0.494 e. The number of benzene rings is 2. The number of methoxy groups -OCH3 is 2. The van der Waals surface area contributed by atoms with Gasteiger partial charge in [0.05, 0.1) is 25.5 Å². The van der Waals surface area contributed by atoms with Crippen molar-refractivity contribution in [2.24, 2.45) is 4.99 Å². The molecule has 0 aliphatic rings. The van der Waals surface area contributed by atoms with Crippen LogP contribution in [0.5, 0.6) is 17.4 Å². The normalized spacial score (nSPS) is 11.5. The van der Waals surface area contributed by atoms with Crippen LogP contribution in [0.1, 0.15) is 5.56 Å². The first-order chi connectivity index (χ1) is 12.0. The van der Waals surface area contributed by atoms with Crippen LogP contribution in [0.4, 0.5) is 5.69 Å². The van der Waals surface area contributed by atoms with Crippen LogP contribution in [0.3, 0.4) is 0 Å². The van der Waals surface area contributed by atoms with Gasteiger partial charge in [0, 0.05) is 17.0 Å². The summed E-state index contributed by atoms with van der Waals surface area (Å²) < 4.78 is 10.4. The summed E-state index contributed by atoms with van der Waals surface area (Å²) in [7, 11) is 2.99. The fourth-order valence-electron chi connectivity index (χ4n) is 2.60. The predicted octanol–water partition coefficient (Wildman–Crippen LogP) is 3.10. The Labute approximate surface area is 143 Å². The summed E-state index contributed by atoms with van der Waals surface area (Å²) in [5.41, 5.74) is 0.844. The van der Waals surface area contributed by atoms with Gasteiger partial charge < -0.3 is 24.7 Å². The standard InChI is InChI=1S/C18H16N2O5/c1-24-13-8-7-10(9-14(13)25-2)19-16(18(22)23)15-11-5-3-4-6-12(11)20-17(15)21/h3-9,20-21H,1-2H3,(H,22,23). The Hall–Kier alpha value is -3.48. The van der Waals surface area contributed by atoms with Crippen LogP contribution >= 0.6 is 0 Å². The first kappa shape index (κ1) is 16.4. The zero-order chi connectivity index (χ0) is 18.0. The number of rotatable bonds is 5. The van der Waals surface area contributed by atoms with Gasteiger partial charge in [0.15, 0.2) is 23.1 Å². The van der Waals surface area contributed by atoms with Crippen LogP contribution in [0.2, 0.25) is 0 Å². The molecular formula is C18H16N2O5. The number of aromatic nitrogens is 1. The summed E-state index contributed by atoms with van der Waals surface area (Å²) in [5.74, 6) is -0.567. The predicted molar refractivity (Wildman–Crippen MR) is 93.3 cm³/mol. The molecule has 0 bridgehead atoms. The molecule has 0 saturated carbocycles. The molecule has 3 rings (SSSR count). The van der Waals surface area contributed by atoms with Crippen LogP contribution in [-0.4, -0.2) is 41.1 Å². The summed E-state index contributed by atoms with van der Waals surface area (Å²) in [5, 5.41) is 20.3. The lowest BCUT2D eigenvalue weighted by atomic mass is 10.1. The Balaban J connectivity index is 2.18. The zero-order valence-corrected chi connectivity index (χ0v) is 13.6. The molecule has 3 aromatic rings. The molecular weight excluding hydrogens is 324 g/mol. The molecule has 7 heteroatoms. The fourth-order valence-corrected chi connectivity index (χ4v) is 2.60. The van der Waals surface area contributed by atoms with Gasteiger partial charge in [-0.3, -0.25) is 0 Å². The highest BCUT2D eigenvalue weighted by Gasteiger charge is 2.22. The molecule has 128 valence electrons. The molecule has 0 fully saturated rings. The number of carbonyl (C=O) groups is 1. The van der Waals surface area contributed by atoms with Gasteiger partial charge in [-0.15, -0.1) is 0 Å². The van der Waals surface area contributed by atoms with Crippen LogP contribution in [0.25, 0.3) is 10.9 Å². The topological polar surface area (TPSA) is 104 Å². The number of H-pyrrole nitrogens is 1. The zero-order valence-electron chi connectivity index (χ0n) is 13.6. The van der Waals surface area contributed by atoms with Crippen molar-refractivity contribution in [3.63, 3.8) is 0 Å². The van der Waals surface area contributed by atoms with Crippen molar-refractivity contribution in [2.75, 3.05) is 14.2 Å². The van der Waals surface area contributed by atoms with E-state index in [2.05, 4.69) is 9.98 Å². The second-order valence-electron chi connectivity index (χ2n) is 5.20. The van der Waals surface area contributed by atoms with Gasteiger partial charge in [-0.05, 0) is 18.2 Å². The number of nitrogens with zero attached hydrogens (tertiary/aromatic N) is 1. The Morgan fingerprint density at radius 3 is 2.48 bits per heavy atom. The molecule has 25 heavy (non-hydrogen) atoms. The minimum Gasteiger partial charge on any atom is -0.494 e. The molecule has 1 aromatic heterocycles. The van der Waals surface area contributed by atoms with Crippen molar-refractivity contribution in [3.05, 3.63) is 48.0 Å². The molecule has 0 unspecified atom stereocenters. The summed E-state index contributed by atoms with van der Waals surface area (Å²) >= 11 is 0. The van der Waals surface area contributed by atoms with Crippen molar-refractivity contribution < 1.29 is 24.5 Å². The quantitative estimate of drug-likeness (QED) is 0.619. The second-order valence-corrected chi connectivity index (χ2v) is 5.20. The lowest BCUT2D eigenvalue weighted by Gasteiger charge is -2.08. The van der Waals surface area contributed by atoms with E-state index in [1.165, 1.54) is 14.2 Å². The first-order valence-electron chi connectivity index (χ1n) is 7.39. The number of aromatic hydroxyl groups is 1. The third-order valence-corrected chi connectivity index (χ3v) is 3.73. The molecule has 0 amide bonds. The number of para-hydroxylation sites is 1. The van der Waals surface area contributed by atoms with Gasteiger partial charge in [-0.25, -0.2) is 9.79 Å². The smallest absolute Gasteiger partial charge is 0.355 e. The number of nitrogens with one attached hydrogen (secondary N) is 1. The average Bonchev–Trinajstić information content (AvgIpc) is 2.94. The number of carboxylic acid groups (broad SMARTS) is 1. The van der Waals surface area contributed by atoms with E-state index in [4.69, 9.17) is 9.47 Å². The molecule has 0 aliphatic heterocycles. The summed E-state index contributed by atoms with van der Waals surface area (Å²) in [6.07, 6.45) is 0. The van der Waals surface area contributed by atoms with Gasteiger partial charge in [0.25, 0.3) is 0 Å². The monoisotopic (exact) mass is 340 g/mol. The van der Waals surface area contributed by atoms with Gasteiger partial charge in [-0.1, -0.05) is 18.2 Å². The molecule has 3 N–H and O–H groups in total. The summed E-state index contributed by atoms with van der Waals surface area (Å²) in [6, 6.07) is 11.8. The van der Waals surface area contributed by atoms with Crippen LogP contribution < -0.4 is 9.47 Å². The molecule has 0 saturated heterocycles. The van der Waals surface area contributed by atoms with Gasteiger partial charge in [0.1, 0.15) is 0 Å². The molecule has 7 nitrogen and oxygen atoms in total. The number of aromatic amines is 1. The molecule has 0 aliphatic carbocycles. The Morgan fingerprint density at radius 1 is 1.08 bits per heavy atom. The van der Waals surface area contributed by atoms with E-state index in [9.17, 15) is 15.0 Å². The Kier molecular flexibility index (Phi) is 4.30. The average molecular weight is 340 g/mol. The highest BCUT2D eigenvalue weighted by Crippen LogP contribution is 2.33. The van der Waals surface area contributed by atoms with E-state index in [0.29, 0.717) is 28.1 Å². The lowest BCUT2D eigenvalue weighted by molar-refractivity contribution is -0.129. The Morgan fingerprint density at radius 2 is 1.80 bits per heavy atom. The van der Waals surface area contributed by atoms with E-state index < -0.39 is 5.97 Å². The van der Waals surface area contributed by atoms with Crippen LogP contribution in [0.15, 0.2) is 47.5 Å². The Bertz CT molecular complexity index is 975. The van der Waals surface area contributed by atoms with Crippen molar-refractivity contribution in [1.29, 1.82) is 0 Å². The summed E-state index contributed by atoms with van der Waals surface area (Å²) in [4.78, 5) is 18.7. The van der Waals surface area contributed by atoms with E-state index in [0.717, 1.165) is 0 Å². The van der Waals surface area contributed by atoms with Gasteiger partial charge in [0.2, 0.25) is 0 Å². The van der Waals surface area contributed by atoms with Crippen molar-refractivity contribution in [2.45, 2.75) is 0 Å². The molecule has 0 atom stereocenters. The fraction of sp³-hybridized carbons (Fsp3) is 0.111. The minimum atomic E-state index is -1.25. The minimum absolute atomic E-state index is 0.137. The van der Waals surface area contributed by atoms with E-state index in [-0.39, 0.29) is 17.2 Å². The summed E-state index contributed by atoms with van der Waals surface area (Å²) in [6.45, 7) is 0. The van der Waals surface area contributed by atoms with Crippen molar-refractivity contribution in [3.8, 4) is 17.4 Å². The van der Waals surface area contributed by atoms with Gasteiger partial charge in [-0.2, -0.15) is 0 Å². The van der Waals surface area contributed by atoms with E-state index >= 15 is 0 Å². The van der Waals surface area contributed by atoms with Crippen LogP contribution in [-0.2, 0) is 4.79 Å². The first-order valence-corrected chi connectivity index (χ1v) is 7.39. The number of hydrogen-bond donors (Lipinski definition) is 3. The number of hydrogen-bond acceptors (Lipinski definition) is 5. The molecule has 0 radical (unpaired) electrons. The maximum absolute atomic E-state index is 11.8. The maximum Gasteiger partial charge on any atom is 0.355 e.